The van der Waals surface area contributed by atoms with Crippen molar-refractivity contribution in [2.45, 2.75) is 6.54 Å². The highest BCUT2D eigenvalue weighted by Gasteiger charge is 2.10. The molecule has 0 aliphatic rings. The van der Waals surface area contributed by atoms with Gasteiger partial charge in [0.2, 0.25) is 0 Å². The van der Waals surface area contributed by atoms with Gasteiger partial charge in [-0.05, 0) is 54.1 Å². The lowest BCUT2D eigenvalue weighted by Crippen LogP contribution is -2.04. The summed E-state index contributed by atoms with van der Waals surface area (Å²) in [5.41, 5.74) is 3.27. The Balaban J connectivity index is 1.71. The van der Waals surface area contributed by atoms with E-state index in [-0.39, 0.29) is 5.82 Å². The van der Waals surface area contributed by atoms with Crippen molar-refractivity contribution in [1.82, 2.24) is 19.9 Å². The Morgan fingerprint density at radius 3 is 2.37 bits per heavy atom. The van der Waals surface area contributed by atoms with Crippen molar-refractivity contribution in [2.75, 3.05) is 5.32 Å². The van der Waals surface area contributed by atoms with Crippen LogP contribution < -0.4 is 5.32 Å². The first-order valence-corrected chi connectivity index (χ1v) is 8.47. The Labute approximate surface area is 156 Å². The third-order valence-electron chi connectivity index (χ3n) is 3.98. The van der Waals surface area contributed by atoms with Crippen LogP contribution in [-0.4, -0.2) is 19.9 Å². The van der Waals surface area contributed by atoms with Gasteiger partial charge in [0.05, 0.1) is 5.69 Å². The lowest BCUT2D eigenvalue weighted by molar-refractivity contribution is 0.628. The molecule has 0 amide bonds. The van der Waals surface area contributed by atoms with Crippen molar-refractivity contribution >= 4 is 5.82 Å². The van der Waals surface area contributed by atoms with Crippen LogP contribution in [0.2, 0.25) is 0 Å². The highest BCUT2D eigenvalue weighted by Crippen LogP contribution is 2.24. The summed E-state index contributed by atoms with van der Waals surface area (Å²) in [7, 11) is 0. The van der Waals surface area contributed by atoms with E-state index in [0.29, 0.717) is 29.6 Å². The van der Waals surface area contributed by atoms with Gasteiger partial charge >= 0.3 is 0 Å². The maximum atomic E-state index is 13.3. The fourth-order valence-corrected chi connectivity index (χ4v) is 2.61. The highest BCUT2D eigenvalue weighted by atomic mass is 19.1. The molecule has 0 spiro atoms. The smallest absolute Gasteiger partial charge is 0.180 e. The van der Waals surface area contributed by atoms with Crippen LogP contribution in [0, 0.1) is 5.82 Å². The molecule has 27 heavy (non-hydrogen) atoms. The molecule has 5 nitrogen and oxygen atoms in total. The number of nitrogens with one attached hydrogen (secondary N) is 1. The summed E-state index contributed by atoms with van der Waals surface area (Å²) < 4.78 is 13.3. The molecule has 132 valence electrons. The van der Waals surface area contributed by atoms with Crippen LogP contribution in [-0.2, 0) is 6.54 Å². The zero-order valence-corrected chi connectivity index (χ0v) is 14.4. The third kappa shape index (κ3) is 4.12. The number of rotatable bonds is 5. The van der Waals surface area contributed by atoms with Gasteiger partial charge in [0.15, 0.2) is 5.82 Å². The van der Waals surface area contributed by atoms with E-state index in [1.807, 2.05) is 36.4 Å². The largest absolute Gasteiger partial charge is 0.366 e. The van der Waals surface area contributed by atoms with E-state index in [0.717, 1.165) is 11.1 Å². The number of halogens is 1. The number of hydrogen-bond acceptors (Lipinski definition) is 5. The summed E-state index contributed by atoms with van der Waals surface area (Å²) in [4.78, 5) is 17.6. The predicted molar refractivity (Wildman–Crippen MR) is 102 cm³/mol. The first-order valence-electron chi connectivity index (χ1n) is 8.47. The Morgan fingerprint density at radius 1 is 0.815 bits per heavy atom. The Bertz CT molecular complexity index is 1020. The van der Waals surface area contributed by atoms with Gasteiger partial charge < -0.3 is 5.32 Å². The molecule has 0 aliphatic carbocycles. The van der Waals surface area contributed by atoms with Crippen LogP contribution in [0.5, 0.6) is 0 Å². The molecule has 1 aromatic carbocycles. The lowest BCUT2D eigenvalue weighted by atomic mass is 10.1. The minimum atomic E-state index is -0.284. The number of nitrogens with zero attached hydrogens (tertiary/aromatic N) is 4. The molecular formula is C21H16FN5. The lowest BCUT2D eigenvalue weighted by Gasteiger charge is -2.10. The average Bonchev–Trinajstić information content (AvgIpc) is 2.74. The first-order chi connectivity index (χ1) is 13.3. The standard InChI is InChI=1S/C21H16FN5/c22-17-6-4-16(5-7-17)19-13-20(25-14-15-8-11-23-12-9-15)27-21(26-19)18-3-1-2-10-24-18/h1-13H,14H2,(H,25,26,27). The van der Waals surface area contributed by atoms with Gasteiger partial charge in [-0.15, -0.1) is 0 Å². The van der Waals surface area contributed by atoms with Crippen molar-refractivity contribution in [1.29, 1.82) is 0 Å². The second-order valence-electron chi connectivity index (χ2n) is 5.89. The number of hydrogen-bond donors (Lipinski definition) is 1. The predicted octanol–water partition coefficient (Wildman–Crippen LogP) is 4.35. The van der Waals surface area contributed by atoms with E-state index >= 15 is 0 Å². The Morgan fingerprint density at radius 2 is 1.63 bits per heavy atom. The monoisotopic (exact) mass is 357 g/mol. The maximum Gasteiger partial charge on any atom is 0.180 e. The van der Waals surface area contributed by atoms with Crippen molar-refractivity contribution in [3.8, 4) is 22.8 Å². The average molecular weight is 357 g/mol. The molecule has 4 aromatic rings. The van der Waals surface area contributed by atoms with Crippen molar-refractivity contribution in [2.24, 2.45) is 0 Å². The molecule has 6 heteroatoms. The fourth-order valence-electron chi connectivity index (χ4n) is 2.61. The number of pyridine rings is 2. The van der Waals surface area contributed by atoms with E-state index in [1.165, 1.54) is 12.1 Å². The van der Waals surface area contributed by atoms with Crippen molar-refractivity contribution in [3.63, 3.8) is 0 Å². The Kier molecular flexibility index (Phi) is 4.78. The van der Waals surface area contributed by atoms with E-state index in [9.17, 15) is 4.39 Å². The molecule has 4 rings (SSSR count). The normalized spacial score (nSPS) is 10.6. The SMILES string of the molecule is Fc1ccc(-c2cc(NCc3ccncc3)nc(-c3ccccn3)n2)cc1. The molecule has 0 atom stereocenters. The summed E-state index contributed by atoms with van der Waals surface area (Å²) in [5, 5.41) is 3.31. The van der Waals surface area contributed by atoms with Gasteiger partial charge in [-0.1, -0.05) is 6.07 Å². The summed E-state index contributed by atoms with van der Waals surface area (Å²) >= 11 is 0. The second-order valence-corrected chi connectivity index (χ2v) is 5.89. The van der Waals surface area contributed by atoms with Crippen LogP contribution in [0.3, 0.4) is 0 Å². The fraction of sp³-hybridized carbons (Fsp3) is 0.0476. The van der Waals surface area contributed by atoms with E-state index in [2.05, 4.69) is 25.3 Å². The Hall–Kier alpha value is -3.67. The molecule has 3 heterocycles. The van der Waals surface area contributed by atoms with Gasteiger partial charge in [0.1, 0.15) is 17.3 Å². The summed E-state index contributed by atoms with van der Waals surface area (Å²) in [6.45, 7) is 0.601. The molecule has 0 saturated heterocycles. The third-order valence-corrected chi connectivity index (χ3v) is 3.98. The van der Waals surface area contributed by atoms with E-state index < -0.39 is 0 Å². The van der Waals surface area contributed by atoms with Gasteiger partial charge in [-0.2, -0.15) is 0 Å². The van der Waals surface area contributed by atoms with E-state index in [1.54, 1.807) is 30.7 Å². The topological polar surface area (TPSA) is 63.6 Å². The molecule has 1 N–H and O–H groups in total. The van der Waals surface area contributed by atoms with Gasteiger partial charge in [-0.25, -0.2) is 14.4 Å². The summed E-state index contributed by atoms with van der Waals surface area (Å²) in [6, 6.07) is 17.6. The molecule has 0 unspecified atom stereocenters. The van der Waals surface area contributed by atoms with E-state index in [4.69, 9.17) is 0 Å². The van der Waals surface area contributed by atoms with Crippen LogP contribution >= 0.6 is 0 Å². The molecular weight excluding hydrogens is 341 g/mol. The van der Waals surface area contributed by atoms with Gasteiger partial charge in [0, 0.05) is 36.8 Å². The van der Waals surface area contributed by atoms with Crippen LogP contribution in [0.25, 0.3) is 22.8 Å². The summed E-state index contributed by atoms with van der Waals surface area (Å²) in [5.74, 6) is 0.894. The van der Waals surface area contributed by atoms with Crippen molar-refractivity contribution in [3.05, 3.63) is 90.6 Å². The number of aromatic nitrogens is 4. The molecule has 3 aromatic heterocycles. The zero-order valence-electron chi connectivity index (χ0n) is 14.4. The number of anilines is 1. The first kappa shape index (κ1) is 16.8. The quantitative estimate of drug-likeness (QED) is 0.575. The molecule has 0 aliphatic heterocycles. The zero-order chi connectivity index (χ0) is 18.5. The van der Waals surface area contributed by atoms with Gasteiger partial charge in [0.25, 0.3) is 0 Å². The van der Waals surface area contributed by atoms with Crippen LogP contribution in [0.4, 0.5) is 10.2 Å². The molecule has 0 radical (unpaired) electrons. The molecule has 0 bridgehead atoms. The van der Waals surface area contributed by atoms with Gasteiger partial charge in [-0.3, -0.25) is 9.97 Å². The highest BCUT2D eigenvalue weighted by molar-refractivity contribution is 5.66. The minimum absolute atomic E-state index is 0.284. The van der Waals surface area contributed by atoms with Crippen LogP contribution in [0.1, 0.15) is 5.56 Å². The van der Waals surface area contributed by atoms with Crippen LogP contribution in [0.15, 0.2) is 79.3 Å². The molecule has 0 saturated carbocycles. The van der Waals surface area contributed by atoms with Crippen molar-refractivity contribution < 1.29 is 4.39 Å². The molecule has 0 fully saturated rings. The minimum Gasteiger partial charge on any atom is -0.366 e. The number of benzene rings is 1. The second kappa shape index (κ2) is 7.70. The summed E-state index contributed by atoms with van der Waals surface area (Å²) in [6.07, 6.45) is 5.20. The maximum absolute atomic E-state index is 13.3.